The lowest BCUT2D eigenvalue weighted by molar-refractivity contribution is 0.0865. The minimum absolute atomic E-state index is 0.323. The molecule has 1 N–H and O–H groups in total. The van der Waals surface area contributed by atoms with Crippen LogP contribution in [0.1, 0.15) is 19.8 Å². The zero-order valence-corrected chi connectivity index (χ0v) is 9.16. The van der Waals surface area contributed by atoms with Crippen LogP contribution in [0.15, 0.2) is 0 Å². The Morgan fingerprint density at radius 2 is 2.00 bits per heavy atom. The number of piperazine rings is 1. The van der Waals surface area contributed by atoms with Gasteiger partial charge in [0, 0.05) is 32.2 Å². The molecule has 1 aliphatic heterocycles. The van der Waals surface area contributed by atoms with Crippen LogP contribution in [0.25, 0.3) is 0 Å². The van der Waals surface area contributed by atoms with Crippen LogP contribution in [0.4, 0.5) is 0 Å². The molecule has 0 bridgehead atoms. The number of nitriles is 1. The molecule has 1 heterocycles. The van der Waals surface area contributed by atoms with Crippen LogP contribution in [0.5, 0.6) is 0 Å². The molecule has 14 heavy (non-hydrogen) atoms. The van der Waals surface area contributed by atoms with Gasteiger partial charge in [-0.25, -0.2) is 5.01 Å². The van der Waals surface area contributed by atoms with E-state index in [0.717, 1.165) is 32.6 Å². The average molecular weight is 196 g/mol. The molecular weight excluding hydrogens is 176 g/mol. The first-order chi connectivity index (χ1) is 6.76. The van der Waals surface area contributed by atoms with Crippen molar-refractivity contribution >= 4 is 0 Å². The van der Waals surface area contributed by atoms with E-state index in [4.69, 9.17) is 5.26 Å². The Hall–Kier alpha value is -0.630. The molecule has 1 atom stereocenters. The van der Waals surface area contributed by atoms with Crippen LogP contribution < -0.4 is 5.43 Å². The van der Waals surface area contributed by atoms with E-state index in [1.54, 1.807) is 0 Å². The summed E-state index contributed by atoms with van der Waals surface area (Å²) < 4.78 is 0. The molecule has 1 rings (SSSR count). The highest BCUT2D eigenvalue weighted by atomic mass is 15.5. The van der Waals surface area contributed by atoms with Crippen molar-refractivity contribution in [3.8, 4) is 6.07 Å². The quantitative estimate of drug-likeness (QED) is 0.708. The van der Waals surface area contributed by atoms with Crippen molar-refractivity contribution in [1.29, 1.82) is 5.26 Å². The maximum absolute atomic E-state index is 8.62. The van der Waals surface area contributed by atoms with E-state index in [1.165, 1.54) is 0 Å². The lowest BCUT2D eigenvalue weighted by Gasteiger charge is -2.34. The summed E-state index contributed by atoms with van der Waals surface area (Å²) in [6.07, 6.45) is 1.61. The predicted molar refractivity (Wildman–Crippen MR) is 56.5 cm³/mol. The van der Waals surface area contributed by atoms with Crippen molar-refractivity contribution in [3.63, 3.8) is 0 Å². The summed E-state index contributed by atoms with van der Waals surface area (Å²) in [6.45, 7) is 6.44. The predicted octanol–water partition coefficient (Wildman–Crippen LogP) is 0.431. The number of likely N-dealkylation sites (N-methyl/N-ethyl adjacent to an activating group) is 1. The molecule has 0 aromatic carbocycles. The van der Waals surface area contributed by atoms with E-state index >= 15 is 0 Å². The molecule has 4 nitrogen and oxygen atoms in total. The fourth-order valence-electron chi connectivity index (χ4n) is 1.59. The number of rotatable bonds is 4. The Kier molecular flexibility index (Phi) is 4.88. The van der Waals surface area contributed by atoms with Crippen LogP contribution in [-0.4, -0.2) is 49.2 Å². The molecule has 80 valence electrons. The normalized spacial score (nSPS) is 21.8. The van der Waals surface area contributed by atoms with Gasteiger partial charge in [-0.1, -0.05) is 6.92 Å². The molecule has 1 saturated heterocycles. The largest absolute Gasteiger partial charge is 0.304 e. The molecule has 0 amide bonds. The summed E-state index contributed by atoms with van der Waals surface area (Å²) in [5.41, 5.74) is 3.41. The van der Waals surface area contributed by atoms with Crippen LogP contribution >= 0.6 is 0 Å². The number of hydrogen-bond donors (Lipinski definition) is 1. The zero-order valence-electron chi connectivity index (χ0n) is 9.16. The van der Waals surface area contributed by atoms with Gasteiger partial charge in [-0.05, 0) is 13.5 Å². The smallest absolute Gasteiger partial charge is 0.0638 e. The van der Waals surface area contributed by atoms with E-state index in [9.17, 15) is 0 Å². The summed E-state index contributed by atoms with van der Waals surface area (Å²) in [5, 5.41) is 10.9. The summed E-state index contributed by atoms with van der Waals surface area (Å²) in [6, 6.07) is 2.54. The van der Waals surface area contributed by atoms with Crippen molar-refractivity contribution < 1.29 is 0 Å². The van der Waals surface area contributed by atoms with Gasteiger partial charge in [0.05, 0.1) is 12.5 Å². The first-order valence-corrected chi connectivity index (χ1v) is 5.33. The minimum Gasteiger partial charge on any atom is -0.304 e. The van der Waals surface area contributed by atoms with Crippen molar-refractivity contribution in [3.05, 3.63) is 0 Å². The molecule has 0 aliphatic carbocycles. The highest BCUT2D eigenvalue weighted by Gasteiger charge is 2.16. The number of hydrogen-bond acceptors (Lipinski definition) is 4. The van der Waals surface area contributed by atoms with Crippen molar-refractivity contribution in [2.45, 2.75) is 25.8 Å². The van der Waals surface area contributed by atoms with E-state index in [-0.39, 0.29) is 0 Å². The van der Waals surface area contributed by atoms with Gasteiger partial charge in [0.2, 0.25) is 0 Å². The molecule has 0 spiro atoms. The summed E-state index contributed by atoms with van der Waals surface area (Å²) in [4.78, 5) is 2.32. The first-order valence-electron chi connectivity index (χ1n) is 5.33. The third-order valence-corrected chi connectivity index (χ3v) is 2.70. The standard InChI is InChI=1S/C10H20N4/c1-3-10(4-5-11)12-14-8-6-13(2)7-9-14/h10,12H,3-4,6-9H2,1-2H3. The number of nitrogens with zero attached hydrogens (tertiary/aromatic N) is 3. The first kappa shape index (κ1) is 11.4. The summed E-state index contributed by atoms with van der Waals surface area (Å²) in [7, 11) is 2.14. The van der Waals surface area contributed by atoms with Gasteiger partial charge in [0.25, 0.3) is 0 Å². The maximum Gasteiger partial charge on any atom is 0.0638 e. The molecule has 0 saturated carbocycles. The topological polar surface area (TPSA) is 42.3 Å². The maximum atomic E-state index is 8.62. The Balaban J connectivity index is 2.25. The van der Waals surface area contributed by atoms with Crippen LogP contribution in [-0.2, 0) is 0 Å². The highest BCUT2D eigenvalue weighted by Crippen LogP contribution is 2.01. The van der Waals surface area contributed by atoms with Gasteiger partial charge in [-0.15, -0.1) is 0 Å². The average Bonchev–Trinajstić information content (AvgIpc) is 2.20. The van der Waals surface area contributed by atoms with Gasteiger partial charge in [0.1, 0.15) is 0 Å². The number of nitrogens with one attached hydrogen (secondary N) is 1. The zero-order chi connectivity index (χ0) is 10.4. The summed E-state index contributed by atoms with van der Waals surface area (Å²) >= 11 is 0. The Labute approximate surface area is 86.5 Å². The lowest BCUT2D eigenvalue weighted by atomic mass is 10.2. The van der Waals surface area contributed by atoms with E-state index in [1.807, 2.05) is 0 Å². The third-order valence-electron chi connectivity index (χ3n) is 2.70. The van der Waals surface area contributed by atoms with Crippen molar-refractivity contribution in [1.82, 2.24) is 15.3 Å². The van der Waals surface area contributed by atoms with Gasteiger partial charge in [-0.2, -0.15) is 5.26 Å². The minimum atomic E-state index is 0.323. The molecule has 0 radical (unpaired) electrons. The molecule has 0 aromatic rings. The van der Waals surface area contributed by atoms with Gasteiger partial charge in [-0.3, -0.25) is 5.43 Å². The lowest BCUT2D eigenvalue weighted by Crippen LogP contribution is -2.53. The third kappa shape index (κ3) is 3.62. The van der Waals surface area contributed by atoms with Crippen molar-refractivity contribution in [2.24, 2.45) is 0 Å². The summed E-state index contributed by atoms with van der Waals surface area (Å²) in [5.74, 6) is 0. The fourth-order valence-corrected chi connectivity index (χ4v) is 1.59. The second-order valence-electron chi connectivity index (χ2n) is 3.89. The SMILES string of the molecule is CCC(CC#N)NN1CCN(C)CC1. The molecule has 4 heteroatoms. The highest BCUT2D eigenvalue weighted by molar-refractivity contribution is 4.80. The van der Waals surface area contributed by atoms with E-state index in [0.29, 0.717) is 12.5 Å². The molecule has 1 fully saturated rings. The molecular formula is C10H20N4. The second kappa shape index (κ2) is 5.97. The van der Waals surface area contributed by atoms with Crippen LogP contribution in [0.3, 0.4) is 0 Å². The van der Waals surface area contributed by atoms with Crippen LogP contribution in [0.2, 0.25) is 0 Å². The monoisotopic (exact) mass is 196 g/mol. The second-order valence-corrected chi connectivity index (χ2v) is 3.89. The Morgan fingerprint density at radius 1 is 1.36 bits per heavy atom. The Bertz CT molecular complexity index is 191. The van der Waals surface area contributed by atoms with Gasteiger partial charge >= 0.3 is 0 Å². The van der Waals surface area contributed by atoms with Gasteiger partial charge in [0.15, 0.2) is 0 Å². The Morgan fingerprint density at radius 3 is 2.50 bits per heavy atom. The van der Waals surface area contributed by atoms with Crippen LogP contribution in [0, 0.1) is 11.3 Å². The van der Waals surface area contributed by atoms with E-state index < -0.39 is 0 Å². The fraction of sp³-hybridized carbons (Fsp3) is 0.900. The molecule has 1 aliphatic rings. The molecule has 0 aromatic heterocycles. The number of hydrazine groups is 1. The molecule has 1 unspecified atom stereocenters. The van der Waals surface area contributed by atoms with Crippen molar-refractivity contribution in [2.75, 3.05) is 33.2 Å². The van der Waals surface area contributed by atoms with Gasteiger partial charge < -0.3 is 4.90 Å². The van der Waals surface area contributed by atoms with E-state index in [2.05, 4.69) is 35.4 Å².